The number of hydrogen-bond acceptors (Lipinski definition) is 0. The Morgan fingerprint density at radius 2 is 0.812 bits per heavy atom. The van der Waals surface area contributed by atoms with Crippen molar-refractivity contribution in [3.05, 3.63) is 44.6 Å². The molecule has 0 saturated heterocycles. The summed E-state index contributed by atoms with van der Waals surface area (Å²) in [4.78, 5) is 0. The average molecular weight is 214 g/mol. The first-order valence-electron chi connectivity index (χ1n) is 6.16. The fraction of sp³-hybridized carbons (Fsp3) is 0.500. The molecule has 0 amide bonds. The van der Waals surface area contributed by atoms with Gasteiger partial charge in [0.05, 0.1) is 0 Å². The smallest absolute Gasteiger partial charge is 0.00584 e. The minimum atomic E-state index is 1.17. The van der Waals surface area contributed by atoms with Crippen LogP contribution >= 0.6 is 0 Å². The van der Waals surface area contributed by atoms with Crippen LogP contribution in [0.25, 0.3) is 0 Å². The van der Waals surface area contributed by atoms with E-state index in [-0.39, 0.29) is 0 Å². The van der Waals surface area contributed by atoms with Crippen LogP contribution in [0.2, 0.25) is 0 Å². The monoisotopic (exact) mass is 214 g/mol. The van der Waals surface area contributed by atoms with Gasteiger partial charge in [-0.15, -0.1) is 0 Å². The fourth-order valence-electron chi connectivity index (χ4n) is 2.82. The lowest BCUT2D eigenvalue weighted by Crippen LogP contribution is -1.90. The molecule has 0 aromatic rings. The minimum absolute atomic E-state index is 1.17. The van der Waals surface area contributed by atoms with E-state index in [1.165, 1.54) is 35.1 Å². The first-order chi connectivity index (χ1) is 7.43. The lowest BCUT2D eigenvalue weighted by Gasteiger charge is -2.09. The largest absolute Gasteiger partial charge is 0.0657 e. The van der Waals surface area contributed by atoms with Gasteiger partial charge in [0.2, 0.25) is 0 Å². The molecule has 0 heteroatoms. The zero-order chi connectivity index (χ0) is 12.0. The highest BCUT2D eigenvalue weighted by atomic mass is 14.3. The lowest BCUT2D eigenvalue weighted by atomic mass is 9.95. The van der Waals surface area contributed by atoms with Gasteiger partial charge in [0.1, 0.15) is 0 Å². The molecule has 0 aromatic carbocycles. The molecule has 0 atom stereocenters. The van der Waals surface area contributed by atoms with E-state index in [4.69, 9.17) is 0 Å². The van der Waals surface area contributed by atoms with E-state index in [0.717, 1.165) is 0 Å². The summed E-state index contributed by atoms with van der Waals surface area (Å²) in [7, 11) is 0. The van der Waals surface area contributed by atoms with Crippen molar-refractivity contribution in [3.63, 3.8) is 0 Å². The predicted octanol–water partition coefficient (Wildman–Crippen LogP) is 5.10. The maximum Gasteiger partial charge on any atom is -0.00584 e. The van der Waals surface area contributed by atoms with Gasteiger partial charge in [-0.3, -0.25) is 0 Å². The quantitative estimate of drug-likeness (QED) is 0.569. The van der Waals surface area contributed by atoms with Gasteiger partial charge >= 0.3 is 0 Å². The molecule has 0 radical (unpaired) electrons. The van der Waals surface area contributed by atoms with Crippen molar-refractivity contribution in [1.29, 1.82) is 0 Å². The van der Waals surface area contributed by atoms with Crippen molar-refractivity contribution in [3.8, 4) is 0 Å². The summed E-state index contributed by atoms with van der Waals surface area (Å²) in [6.45, 7) is 13.6. The Hall–Kier alpha value is -1.04. The Morgan fingerprint density at radius 1 is 0.500 bits per heavy atom. The van der Waals surface area contributed by atoms with Gasteiger partial charge < -0.3 is 0 Å². The third kappa shape index (κ3) is 1.52. The summed E-state index contributed by atoms with van der Waals surface area (Å²) >= 11 is 0. The van der Waals surface area contributed by atoms with E-state index < -0.39 is 0 Å². The number of hydrogen-bond donors (Lipinski definition) is 0. The van der Waals surface area contributed by atoms with Gasteiger partial charge in [-0.2, -0.15) is 0 Å². The molecule has 0 N–H and O–H groups in total. The normalized spacial score (nSPS) is 22.1. The van der Waals surface area contributed by atoms with Crippen molar-refractivity contribution < 1.29 is 0 Å². The molecule has 0 unspecified atom stereocenters. The third-order valence-electron chi connectivity index (χ3n) is 4.56. The van der Waals surface area contributed by atoms with E-state index >= 15 is 0 Å². The van der Waals surface area contributed by atoms with Crippen LogP contribution < -0.4 is 0 Å². The first kappa shape index (κ1) is 11.4. The van der Waals surface area contributed by atoms with Gasteiger partial charge in [0, 0.05) is 0 Å². The topological polar surface area (TPSA) is 0 Å². The van der Waals surface area contributed by atoms with Gasteiger partial charge in [0.25, 0.3) is 0 Å². The molecule has 0 aromatic heterocycles. The van der Waals surface area contributed by atoms with Crippen molar-refractivity contribution in [2.24, 2.45) is 0 Å². The van der Waals surface area contributed by atoms with Crippen LogP contribution in [-0.2, 0) is 0 Å². The molecule has 2 aliphatic carbocycles. The van der Waals surface area contributed by atoms with Crippen LogP contribution in [0.1, 0.15) is 54.4 Å². The Balaban J connectivity index is 2.40. The van der Waals surface area contributed by atoms with Crippen molar-refractivity contribution in [1.82, 2.24) is 0 Å². The second kappa shape index (κ2) is 3.76. The van der Waals surface area contributed by atoms with E-state index in [1.807, 2.05) is 0 Å². The van der Waals surface area contributed by atoms with Crippen LogP contribution in [0.15, 0.2) is 44.6 Å². The molecule has 0 fully saturated rings. The van der Waals surface area contributed by atoms with Crippen LogP contribution in [0.5, 0.6) is 0 Å². The van der Waals surface area contributed by atoms with E-state index in [1.54, 1.807) is 22.3 Å². The second-order valence-corrected chi connectivity index (χ2v) is 5.37. The molecular formula is C16H22. The minimum Gasteiger partial charge on any atom is -0.0657 e. The lowest BCUT2D eigenvalue weighted by molar-refractivity contribution is 1.07. The fourth-order valence-corrected chi connectivity index (χ4v) is 2.82. The molecule has 0 aliphatic heterocycles. The maximum absolute atomic E-state index is 2.28. The van der Waals surface area contributed by atoms with Gasteiger partial charge in [-0.1, -0.05) is 11.1 Å². The highest BCUT2D eigenvalue weighted by Crippen LogP contribution is 2.43. The van der Waals surface area contributed by atoms with Crippen molar-refractivity contribution in [2.45, 2.75) is 54.4 Å². The highest BCUT2D eigenvalue weighted by Gasteiger charge is 2.24. The van der Waals surface area contributed by atoms with Crippen LogP contribution in [0, 0.1) is 0 Å². The summed E-state index contributed by atoms with van der Waals surface area (Å²) in [5.41, 5.74) is 12.4. The molecule has 16 heavy (non-hydrogen) atoms. The summed E-state index contributed by atoms with van der Waals surface area (Å²) < 4.78 is 0. The summed E-state index contributed by atoms with van der Waals surface area (Å²) in [5.74, 6) is 0. The Morgan fingerprint density at radius 3 is 1.00 bits per heavy atom. The molecule has 0 nitrogen and oxygen atoms in total. The standard InChI is InChI=1S/C16H22/c1-9-7-15(13(5)11(9)3)16-8-10(2)12(4)14(16)6/h7-8H2,1-6H3. The zero-order valence-electron chi connectivity index (χ0n) is 11.4. The Bertz CT molecular complexity index is 430. The third-order valence-corrected chi connectivity index (χ3v) is 4.56. The molecule has 2 rings (SSSR count). The van der Waals surface area contributed by atoms with E-state index in [2.05, 4.69) is 41.5 Å². The highest BCUT2D eigenvalue weighted by molar-refractivity contribution is 5.59. The second-order valence-electron chi connectivity index (χ2n) is 5.37. The predicted molar refractivity (Wildman–Crippen MR) is 71.4 cm³/mol. The van der Waals surface area contributed by atoms with Crippen LogP contribution in [-0.4, -0.2) is 0 Å². The first-order valence-corrected chi connectivity index (χ1v) is 6.16. The molecule has 0 saturated carbocycles. The summed E-state index contributed by atoms with van der Waals surface area (Å²) in [5, 5.41) is 0. The Labute approximate surface area is 99.4 Å². The van der Waals surface area contributed by atoms with Gasteiger partial charge in [-0.25, -0.2) is 0 Å². The van der Waals surface area contributed by atoms with Crippen LogP contribution in [0.4, 0.5) is 0 Å². The van der Waals surface area contributed by atoms with Gasteiger partial charge in [0.15, 0.2) is 0 Å². The summed E-state index contributed by atoms with van der Waals surface area (Å²) in [6, 6.07) is 0. The SMILES string of the molecule is CC1=C(C)C(C)=C(C2=C(C)C(C)=C(C)C2)C1. The van der Waals surface area contributed by atoms with E-state index in [9.17, 15) is 0 Å². The maximum atomic E-state index is 2.28. The zero-order valence-corrected chi connectivity index (χ0v) is 11.4. The molecule has 0 spiro atoms. The van der Waals surface area contributed by atoms with Gasteiger partial charge in [-0.05, 0) is 87.8 Å². The van der Waals surface area contributed by atoms with Crippen molar-refractivity contribution >= 4 is 0 Å². The molecule has 2 aliphatic rings. The number of allylic oxidation sites excluding steroid dienone is 8. The molecule has 86 valence electrons. The average Bonchev–Trinajstić information content (AvgIpc) is 2.64. The summed E-state index contributed by atoms with van der Waals surface area (Å²) in [6.07, 6.45) is 2.34. The molecule has 0 heterocycles. The molecular weight excluding hydrogens is 192 g/mol. The van der Waals surface area contributed by atoms with Crippen LogP contribution in [0.3, 0.4) is 0 Å². The Kier molecular flexibility index (Phi) is 2.69. The molecule has 0 bridgehead atoms. The number of rotatable bonds is 1. The van der Waals surface area contributed by atoms with E-state index in [0.29, 0.717) is 0 Å². The van der Waals surface area contributed by atoms with Crippen molar-refractivity contribution in [2.75, 3.05) is 0 Å².